The molecule has 0 bridgehead atoms. The number of aryl methyl sites for hydroxylation is 2. The molecule has 0 aliphatic carbocycles. The van der Waals surface area contributed by atoms with Crippen LogP contribution in [0.3, 0.4) is 0 Å². The van der Waals surface area contributed by atoms with E-state index in [9.17, 15) is 5.26 Å². The summed E-state index contributed by atoms with van der Waals surface area (Å²) in [6.07, 6.45) is 0. The van der Waals surface area contributed by atoms with Crippen LogP contribution in [0.4, 0.5) is 5.82 Å². The van der Waals surface area contributed by atoms with Gasteiger partial charge < -0.3 is 10.5 Å². The zero-order valence-corrected chi connectivity index (χ0v) is 12.8. The van der Waals surface area contributed by atoms with E-state index in [2.05, 4.69) is 37.1 Å². The normalized spacial score (nSPS) is 10.7. The first-order valence-corrected chi connectivity index (χ1v) is 6.91. The Balaban J connectivity index is 2.22. The summed E-state index contributed by atoms with van der Waals surface area (Å²) in [6.45, 7) is 8.41. The van der Waals surface area contributed by atoms with E-state index < -0.39 is 0 Å². The van der Waals surface area contributed by atoms with Gasteiger partial charge in [-0.2, -0.15) is 5.26 Å². The van der Waals surface area contributed by atoms with Gasteiger partial charge in [-0.15, -0.1) is 5.10 Å². The van der Waals surface area contributed by atoms with Gasteiger partial charge in [0, 0.05) is 6.04 Å². The molecule has 1 heterocycles. The molecule has 0 saturated carbocycles. The molecule has 5 nitrogen and oxygen atoms in total. The fourth-order valence-electron chi connectivity index (χ4n) is 2.07. The Morgan fingerprint density at radius 3 is 2.62 bits per heavy atom. The van der Waals surface area contributed by atoms with Gasteiger partial charge in [-0.05, 0) is 44.4 Å². The molecule has 0 atom stereocenters. The van der Waals surface area contributed by atoms with Crippen LogP contribution >= 0.6 is 0 Å². The fraction of sp³-hybridized carbons (Fsp3) is 0.375. The van der Waals surface area contributed by atoms with E-state index in [4.69, 9.17) is 10.5 Å². The van der Waals surface area contributed by atoms with E-state index in [1.807, 2.05) is 19.9 Å². The van der Waals surface area contributed by atoms with Crippen LogP contribution in [0.1, 0.15) is 42.1 Å². The van der Waals surface area contributed by atoms with Gasteiger partial charge in [0.05, 0.1) is 0 Å². The summed E-state index contributed by atoms with van der Waals surface area (Å²) in [5, 5.41) is 13.5. The zero-order valence-electron chi connectivity index (χ0n) is 12.8. The molecular weight excluding hydrogens is 264 g/mol. The number of nitrogens with zero attached hydrogens (tertiary/aromatic N) is 3. The van der Waals surface area contributed by atoms with Gasteiger partial charge in [0.15, 0.2) is 5.56 Å². The van der Waals surface area contributed by atoms with Gasteiger partial charge in [-0.25, -0.2) is 4.68 Å². The predicted octanol–water partition coefficient (Wildman–Crippen LogP) is 3.11. The number of ether oxygens (including phenoxy) is 1. The molecule has 0 fully saturated rings. The number of nitrogens with two attached hydrogens (primary N) is 1. The zero-order chi connectivity index (χ0) is 15.6. The highest BCUT2D eigenvalue weighted by atomic mass is 16.5. The molecule has 0 aliphatic rings. The average molecular weight is 284 g/mol. The molecule has 2 rings (SSSR count). The van der Waals surface area contributed by atoms with Crippen molar-refractivity contribution in [2.24, 2.45) is 0 Å². The molecule has 0 radical (unpaired) electrons. The minimum Gasteiger partial charge on any atom is -0.471 e. The number of hydrogen-bond donors (Lipinski definition) is 1. The van der Waals surface area contributed by atoms with Crippen LogP contribution in [0.15, 0.2) is 18.2 Å². The molecule has 110 valence electrons. The number of nitriles is 1. The van der Waals surface area contributed by atoms with Crippen molar-refractivity contribution >= 4 is 5.82 Å². The minimum absolute atomic E-state index is 0.0797. The number of benzene rings is 1. The lowest BCUT2D eigenvalue weighted by molar-refractivity contribution is 0.287. The molecular formula is C16H20N4O. The summed E-state index contributed by atoms with van der Waals surface area (Å²) in [4.78, 5) is 0. The smallest absolute Gasteiger partial charge is 0.253 e. The molecule has 2 aromatic rings. The van der Waals surface area contributed by atoms with Gasteiger partial charge >= 0.3 is 0 Å². The monoisotopic (exact) mass is 284 g/mol. The van der Waals surface area contributed by atoms with Crippen LogP contribution in [-0.4, -0.2) is 9.78 Å². The summed E-state index contributed by atoms with van der Waals surface area (Å²) in [7, 11) is 0. The molecule has 5 heteroatoms. The van der Waals surface area contributed by atoms with Crippen LogP contribution in [0.5, 0.6) is 5.88 Å². The van der Waals surface area contributed by atoms with E-state index >= 15 is 0 Å². The Labute approximate surface area is 124 Å². The van der Waals surface area contributed by atoms with Crippen LogP contribution < -0.4 is 10.5 Å². The average Bonchev–Trinajstić information content (AvgIpc) is 2.76. The minimum atomic E-state index is 0.0797. The van der Waals surface area contributed by atoms with Crippen molar-refractivity contribution in [3.05, 3.63) is 40.5 Å². The third-order valence-electron chi connectivity index (χ3n) is 3.46. The second-order valence-electron chi connectivity index (χ2n) is 5.42. The second-order valence-corrected chi connectivity index (χ2v) is 5.42. The largest absolute Gasteiger partial charge is 0.471 e. The molecule has 0 unspecified atom stereocenters. The standard InChI is InChI=1S/C16H20N4O/c1-10(2)20-15(18)14(8-17)16(19-20)21-9-13-6-5-11(3)12(4)7-13/h5-7,10H,9,18H2,1-4H3. The van der Waals surface area contributed by atoms with E-state index in [0.717, 1.165) is 5.56 Å². The van der Waals surface area contributed by atoms with Gasteiger partial charge in [0.2, 0.25) is 0 Å². The Hall–Kier alpha value is -2.48. The van der Waals surface area contributed by atoms with Gasteiger partial charge in [0.25, 0.3) is 5.88 Å². The summed E-state index contributed by atoms with van der Waals surface area (Å²) in [6, 6.07) is 8.28. The van der Waals surface area contributed by atoms with Gasteiger partial charge in [-0.3, -0.25) is 0 Å². The van der Waals surface area contributed by atoms with Crippen molar-refractivity contribution < 1.29 is 4.74 Å². The first-order chi connectivity index (χ1) is 9.93. The van der Waals surface area contributed by atoms with E-state index in [1.54, 1.807) is 4.68 Å². The lowest BCUT2D eigenvalue weighted by Gasteiger charge is -2.07. The third kappa shape index (κ3) is 3.00. The van der Waals surface area contributed by atoms with E-state index in [0.29, 0.717) is 23.9 Å². The second kappa shape index (κ2) is 5.88. The highest BCUT2D eigenvalue weighted by molar-refractivity contribution is 5.55. The molecule has 0 aliphatic heterocycles. The third-order valence-corrected chi connectivity index (χ3v) is 3.46. The molecule has 0 amide bonds. The Bertz CT molecular complexity index is 695. The number of hydrogen-bond acceptors (Lipinski definition) is 4. The number of nitrogen functional groups attached to an aromatic ring is 1. The topological polar surface area (TPSA) is 76.9 Å². The SMILES string of the molecule is Cc1ccc(COc2nn(C(C)C)c(N)c2C#N)cc1C. The lowest BCUT2D eigenvalue weighted by Crippen LogP contribution is -2.07. The van der Waals surface area contributed by atoms with Crippen molar-refractivity contribution in [1.82, 2.24) is 9.78 Å². The number of anilines is 1. The summed E-state index contributed by atoms with van der Waals surface area (Å²) in [5.41, 5.74) is 9.72. The van der Waals surface area contributed by atoms with E-state index in [-0.39, 0.29) is 6.04 Å². The molecule has 2 N–H and O–H groups in total. The molecule has 0 spiro atoms. The fourth-order valence-corrected chi connectivity index (χ4v) is 2.07. The van der Waals surface area contributed by atoms with Crippen LogP contribution in [0.25, 0.3) is 0 Å². The highest BCUT2D eigenvalue weighted by Gasteiger charge is 2.18. The number of aromatic nitrogens is 2. The summed E-state index contributed by atoms with van der Waals surface area (Å²) < 4.78 is 7.29. The lowest BCUT2D eigenvalue weighted by atomic mass is 10.1. The van der Waals surface area contributed by atoms with Crippen molar-refractivity contribution in [3.63, 3.8) is 0 Å². The molecule has 1 aromatic heterocycles. The number of rotatable bonds is 4. The van der Waals surface area contributed by atoms with Crippen molar-refractivity contribution in [3.8, 4) is 11.9 Å². The summed E-state index contributed by atoms with van der Waals surface area (Å²) >= 11 is 0. The van der Waals surface area contributed by atoms with E-state index in [1.165, 1.54) is 11.1 Å². The van der Waals surface area contributed by atoms with Gasteiger partial charge in [-0.1, -0.05) is 18.2 Å². The highest BCUT2D eigenvalue weighted by Crippen LogP contribution is 2.26. The maximum absolute atomic E-state index is 9.21. The predicted molar refractivity (Wildman–Crippen MR) is 82.0 cm³/mol. The van der Waals surface area contributed by atoms with Crippen molar-refractivity contribution in [2.45, 2.75) is 40.3 Å². The maximum Gasteiger partial charge on any atom is 0.253 e. The maximum atomic E-state index is 9.21. The Kier molecular flexibility index (Phi) is 4.18. The molecule has 21 heavy (non-hydrogen) atoms. The van der Waals surface area contributed by atoms with Crippen molar-refractivity contribution in [1.29, 1.82) is 5.26 Å². The van der Waals surface area contributed by atoms with Crippen LogP contribution in [0.2, 0.25) is 0 Å². The van der Waals surface area contributed by atoms with Gasteiger partial charge in [0.1, 0.15) is 18.5 Å². The molecule has 0 saturated heterocycles. The quantitative estimate of drug-likeness (QED) is 0.935. The Morgan fingerprint density at radius 1 is 1.33 bits per heavy atom. The van der Waals surface area contributed by atoms with Crippen LogP contribution in [0, 0.1) is 25.2 Å². The van der Waals surface area contributed by atoms with Crippen LogP contribution in [-0.2, 0) is 6.61 Å². The summed E-state index contributed by atoms with van der Waals surface area (Å²) in [5.74, 6) is 0.643. The first kappa shape index (κ1) is 14.9. The van der Waals surface area contributed by atoms with Crippen molar-refractivity contribution in [2.75, 3.05) is 5.73 Å². The first-order valence-electron chi connectivity index (χ1n) is 6.91. The molecule has 1 aromatic carbocycles. The Morgan fingerprint density at radius 2 is 2.05 bits per heavy atom.